The van der Waals surface area contributed by atoms with E-state index < -0.39 is 0 Å². The van der Waals surface area contributed by atoms with Crippen molar-refractivity contribution in [3.05, 3.63) is 16.4 Å². The molecule has 0 aliphatic rings. The Labute approximate surface area is 126 Å². The van der Waals surface area contributed by atoms with Gasteiger partial charge in [-0.15, -0.1) is 0 Å². The molecule has 5 heteroatoms. The number of aryl methyl sites for hydroxylation is 2. The molecular weight excluding hydrogens is 278 g/mol. The third-order valence-corrected chi connectivity index (χ3v) is 4.64. The molecule has 0 aliphatic heterocycles. The van der Waals surface area contributed by atoms with Gasteiger partial charge in [0.15, 0.2) is 0 Å². The van der Waals surface area contributed by atoms with Crippen LogP contribution in [-0.2, 0) is 13.0 Å². The average Bonchev–Trinajstić information content (AvgIpc) is 2.69. The lowest BCUT2D eigenvalue weighted by molar-refractivity contribution is 0.520. The summed E-state index contributed by atoms with van der Waals surface area (Å²) in [4.78, 5) is 0. The first-order valence-corrected chi connectivity index (χ1v) is 8.70. The van der Waals surface area contributed by atoms with Crippen LogP contribution in [0.1, 0.15) is 38.6 Å². The van der Waals surface area contributed by atoms with Gasteiger partial charge < -0.3 is 5.32 Å². The molecule has 0 fully saturated rings. The number of thioether (sulfide) groups is 1. The molecule has 3 nitrogen and oxygen atoms in total. The maximum absolute atomic E-state index is 6.39. The lowest BCUT2D eigenvalue weighted by atomic mass is 10.1. The molecule has 1 aromatic rings. The number of hydrogen-bond donors (Lipinski definition) is 1. The Morgan fingerprint density at radius 3 is 2.68 bits per heavy atom. The lowest BCUT2D eigenvalue weighted by Gasteiger charge is -2.18. The summed E-state index contributed by atoms with van der Waals surface area (Å²) in [7, 11) is 0. The number of rotatable bonds is 9. The maximum Gasteiger partial charge on any atom is 0.0847 e. The lowest BCUT2D eigenvalue weighted by Crippen LogP contribution is -2.35. The first-order chi connectivity index (χ1) is 9.13. The van der Waals surface area contributed by atoms with Crippen molar-refractivity contribution in [2.24, 2.45) is 0 Å². The molecule has 0 saturated heterocycles. The van der Waals surface area contributed by atoms with Gasteiger partial charge in [0.05, 0.1) is 16.4 Å². The van der Waals surface area contributed by atoms with Gasteiger partial charge in [-0.1, -0.05) is 25.4 Å². The average molecular weight is 304 g/mol. The van der Waals surface area contributed by atoms with E-state index >= 15 is 0 Å². The number of nitrogens with zero attached hydrogens (tertiary/aromatic N) is 2. The normalized spacial score (nSPS) is 12.9. The highest BCUT2D eigenvalue weighted by molar-refractivity contribution is 7.99. The van der Waals surface area contributed by atoms with Crippen molar-refractivity contribution in [3.63, 3.8) is 0 Å². The zero-order chi connectivity index (χ0) is 14.3. The van der Waals surface area contributed by atoms with E-state index in [9.17, 15) is 0 Å². The molecule has 0 spiro atoms. The number of aromatic nitrogens is 2. The molecule has 1 atom stereocenters. The van der Waals surface area contributed by atoms with Crippen LogP contribution in [0.4, 0.5) is 0 Å². The highest BCUT2D eigenvalue weighted by Crippen LogP contribution is 2.22. The van der Waals surface area contributed by atoms with E-state index in [1.807, 2.05) is 23.4 Å². The van der Waals surface area contributed by atoms with Crippen LogP contribution in [0.5, 0.6) is 0 Å². The summed E-state index contributed by atoms with van der Waals surface area (Å²) in [6, 6.07) is 0.476. The zero-order valence-electron chi connectivity index (χ0n) is 12.5. The largest absolute Gasteiger partial charge is 0.313 e. The molecule has 19 heavy (non-hydrogen) atoms. The van der Waals surface area contributed by atoms with E-state index in [1.54, 1.807) is 0 Å². The number of hydrogen-bond acceptors (Lipinski definition) is 3. The minimum absolute atomic E-state index is 0.476. The molecule has 0 aliphatic carbocycles. The van der Waals surface area contributed by atoms with Crippen LogP contribution in [-0.4, -0.2) is 33.9 Å². The summed E-state index contributed by atoms with van der Waals surface area (Å²) in [5.74, 6) is 2.28. The monoisotopic (exact) mass is 303 g/mol. The molecule has 0 radical (unpaired) electrons. The second-order valence-electron chi connectivity index (χ2n) is 4.68. The van der Waals surface area contributed by atoms with Crippen LogP contribution in [0.3, 0.4) is 0 Å². The fraction of sp³-hybridized carbons (Fsp3) is 0.786. The highest BCUT2D eigenvalue weighted by atomic mass is 35.5. The Morgan fingerprint density at radius 1 is 1.37 bits per heavy atom. The molecule has 1 aromatic heterocycles. The maximum atomic E-state index is 6.39. The molecule has 0 saturated carbocycles. The van der Waals surface area contributed by atoms with E-state index in [2.05, 4.69) is 31.2 Å². The van der Waals surface area contributed by atoms with Crippen molar-refractivity contribution in [2.45, 2.75) is 53.1 Å². The van der Waals surface area contributed by atoms with Crippen molar-refractivity contribution in [1.82, 2.24) is 15.1 Å². The van der Waals surface area contributed by atoms with Crippen molar-refractivity contribution in [1.29, 1.82) is 0 Å². The van der Waals surface area contributed by atoms with Gasteiger partial charge in [-0.3, -0.25) is 4.68 Å². The third kappa shape index (κ3) is 5.01. The summed E-state index contributed by atoms with van der Waals surface area (Å²) in [5.41, 5.74) is 2.11. The molecule has 1 N–H and O–H groups in total. The van der Waals surface area contributed by atoms with E-state index in [1.165, 1.54) is 5.69 Å². The van der Waals surface area contributed by atoms with Gasteiger partial charge in [-0.2, -0.15) is 16.9 Å². The van der Waals surface area contributed by atoms with E-state index in [-0.39, 0.29) is 0 Å². The Kier molecular flexibility index (Phi) is 7.88. The molecule has 1 rings (SSSR count). The first kappa shape index (κ1) is 16.9. The second-order valence-corrected chi connectivity index (χ2v) is 6.37. The van der Waals surface area contributed by atoms with Crippen molar-refractivity contribution >= 4 is 23.4 Å². The van der Waals surface area contributed by atoms with E-state index in [0.29, 0.717) is 6.04 Å². The zero-order valence-corrected chi connectivity index (χ0v) is 14.1. The van der Waals surface area contributed by atoms with Gasteiger partial charge in [0.25, 0.3) is 0 Å². The van der Waals surface area contributed by atoms with E-state index in [4.69, 9.17) is 11.6 Å². The standard InChI is InChI=1S/C14H26ClN3S/c1-5-8-16-12(10-19-7-3)9-13-14(15)11(4)17-18(13)6-2/h12,16H,5-10H2,1-4H3. The van der Waals surface area contributed by atoms with Crippen LogP contribution in [0, 0.1) is 6.92 Å². The third-order valence-electron chi connectivity index (χ3n) is 3.10. The van der Waals surface area contributed by atoms with Gasteiger partial charge in [0, 0.05) is 24.8 Å². The first-order valence-electron chi connectivity index (χ1n) is 7.16. The summed E-state index contributed by atoms with van der Waals surface area (Å²) in [5, 5.41) is 8.95. The minimum atomic E-state index is 0.476. The van der Waals surface area contributed by atoms with Crippen LogP contribution < -0.4 is 5.32 Å². The molecule has 0 aromatic carbocycles. The SMILES string of the molecule is CCCNC(CSCC)Cc1c(Cl)c(C)nn1CC. The van der Waals surface area contributed by atoms with E-state index in [0.717, 1.165) is 48.2 Å². The Morgan fingerprint density at radius 2 is 2.11 bits per heavy atom. The van der Waals surface area contributed by atoms with Crippen LogP contribution in [0.2, 0.25) is 5.02 Å². The predicted octanol–water partition coefficient (Wildman–Crippen LogP) is 3.53. The quantitative estimate of drug-likeness (QED) is 0.757. The molecule has 1 unspecified atom stereocenters. The van der Waals surface area contributed by atoms with Crippen LogP contribution in [0.15, 0.2) is 0 Å². The molecule has 0 bridgehead atoms. The number of halogens is 1. The summed E-state index contributed by atoms with van der Waals surface area (Å²) in [6.07, 6.45) is 2.12. The molecule has 1 heterocycles. The fourth-order valence-corrected chi connectivity index (χ4v) is 3.06. The fourth-order valence-electron chi connectivity index (χ4n) is 2.10. The Bertz CT molecular complexity index is 371. The van der Waals surface area contributed by atoms with Gasteiger partial charge in [-0.25, -0.2) is 0 Å². The Hall–Kier alpha value is -0.190. The van der Waals surface area contributed by atoms with Gasteiger partial charge in [0.1, 0.15) is 0 Å². The van der Waals surface area contributed by atoms with Crippen LogP contribution >= 0.6 is 23.4 Å². The minimum Gasteiger partial charge on any atom is -0.313 e. The smallest absolute Gasteiger partial charge is 0.0847 e. The highest BCUT2D eigenvalue weighted by Gasteiger charge is 2.17. The van der Waals surface area contributed by atoms with Crippen molar-refractivity contribution in [3.8, 4) is 0 Å². The molecule has 0 amide bonds. The Balaban J connectivity index is 2.76. The van der Waals surface area contributed by atoms with Gasteiger partial charge in [-0.05, 0) is 32.6 Å². The summed E-state index contributed by atoms with van der Waals surface area (Å²) in [6.45, 7) is 10.4. The number of nitrogens with one attached hydrogen (secondary N) is 1. The van der Waals surface area contributed by atoms with Crippen molar-refractivity contribution in [2.75, 3.05) is 18.1 Å². The van der Waals surface area contributed by atoms with Gasteiger partial charge in [0.2, 0.25) is 0 Å². The summed E-state index contributed by atoms with van der Waals surface area (Å²) >= 11 is 8.36. The van der Waals surface area contributed by atoms with Gasteiger partial charge >= 0.3 is 0 Å². The molecule has 110 valence electrons. The summed E-state index contributed by atoms with van der Waals surface area (Å²) < 4.78 is 2.04. The predicted molar refractivity (Wildman–Crippen MR) is 86.4 cm³/mol. The van der Waals surface area contributed by atoms with Crippen LogP contribution in [0.25, 0.3) is 0 Å². The van der Waals surface area contributed by atoms with Crippen molar-refractivity contribution < 1.29 is 0 Å². The second kappa shape index (κ2) is 8.88. The topological polar surface area (TPSA) is 29.9 Å². The molecular formula is C14H26ClN3S.